The van der Waals surface area contributed by atoms with Crippen molar-refractivity contribution in [3.8, 4) is 0 Å². The average molecular weight is 325 g/mol. The molecule has 0 aromatic heterocycles. The molecule has 0 spiro atoms. The topological polar surface area (TPSA) is 63.4 Å². The maximum absolute atomic E-state index is 12.5. The molecular formula is C12H18Cl2N2O2S. The van der Waals surface area contributed by atoms with E-state index >= 15 is 0 Å². The van der Waals surface area contributed by atoms with Crippen molar-refractivity contribution in [2.24, 2.45) is 0 Å². The number of rotatable bonds is 6. The maximum Gasteiger partial charge on any atom is 0.244 e. The van der Waals surface area contributed by atoms with Gasteiger partial charge in [0.05, 0.1) is 15.7 Å². The fourth-order valence-electron chi connectivity index (χ4n) is 1.67. The number of anilines is 1. The first-order chi connectivity index (χ1) is 8.86. The normalized spacial score (nSPS) is 12.1. The van der Waals surface area contributed by atoms with Crippen LogP contribution in [-0.2, 0) is 10.0 Å². The lowest BCUT2D eigenvalue weighted by Crippen LogP contribution is -2.32. The molecule has 7 heteroatoms. The van der Waals surface area contributed by atoms with E-state index in [0.717, 1.165) is 12.8 Å². The minimum Gasteiger partial charge on any atom is -0.396 e. The highest BCUT2D eigenvalue weighted by molar-refractivity contribution is 7.89. The van der Waals surface area contributed by atoms with Crippen molar-refractivity contribution >= 4 is 38.9 Å². The number of nitrogens with two attached hydrogens (primary N) is 1. The molecule has 0 radical (unpaired) electrons. The maximum atomic E-state index is 12.5. The van der Waals surface area contributed by atoms with Crippen molar-refractivity contribution in [2.75, 3.05) is 18.8 Å². The molecule has 1 aromatic rings. The molecule has 0 bridgehead atoms. The van der Waals surface area contributed by atoms with E-state index in [9.17, 15) is 8.42 Å². The minimum absolute atomic E-state index is 0.00835. The lowest BCUT2D eigenvalue weighted by molar-refractivity contribution is 0.419. The van der Waals surface area contributed by atoms with Crippen LogP contribution in [-0.4, -0.2) is 25.8 Å². The molecule has 0 aliphatic rings. The van der Waals surface area contributed by atoms with Crippen LogP contribution in [0.25, 0.3) is 0 Å². The monoisotopic (exact) mass is 324 g/mol. The largest absolute Gasteiger partial charge is 0.396 e. The summed E-state index contributed by atoms with van der Waals surface area (Å²) < 4.78 is 26.4. The van der Waals surface area contributed by atoms with Gasteiger partial charge in [0.15, 0.2) is 0 Å². The summed E-state index contributed by atoms with van der Waals surface area (Å²) in [6.45, 7) is 4.66. The SMILES string of the molecule is CCCCN(CC)S(=O)(=O)c1ccc(Cl)c(N)c1Cl. The summed E-state index contributed by atoms with van der Waals surface area (Å²) in [5.41, 5.74) is 5.77. The van der Waals surface area contributed by atoms with Crippen molar-refractivity contribution < 1.29 is 8.42 Å². The Labute approximate surface area is 124 Å². The van der Waals surface area contributed by atoms with E-state index in [1.807, 2.05) is 6.92 Å². The molecule has 0 fully saturated rings. The molecule has 19 heavy (non-hydrogen) atoms. The number of nitrogens with zero attached hydrogens (tertiary/aromatic N) is 1. The smallest absolute Gasteiger partial charge is 0.244 e. The lowest BCUT2D eigenvalue weighted by atomic mass is 10.3. The van der Waals surface area contributed by atoms with Crippen molar-refractivity contribution in [1.82, 2.24) is 4.31 Å². The molecule has 1 aromatic carbocycles. The van der Waals surface area contributed by atoms with Crippen LogP contribution in [0.15, 0.2) is 17.0 Å². The van der Waals surface area contributed by atoms with Crippen LogP contribution >= 0.6 is 23.2 Å². The number of benzene rings is 1. The number of sulfonamides is 1. The first kappa shape index (κ1) is 16.6. The third-order valence-electron chi connectivity index (χ3n) is 2.82. The molecular weight excluding hydrogens is 307 g/mol. The van der Waals surface area contributed by atoms with Crippen LogP contribution in [0.1, 0.15) is 26.7 Å². The van der Waals surface area contributed by atoms with Gasteiger partial charge in [0.25, 0.3) is 0 Å². The number of hydrogen-bond donors (Lipinski definition) is 1. The van der Waals surface area contributed by atoms with E-state index in [2.05, 4.69) is 0 Å². The summed E-state index contributed by atoms with van der Waals surface area (Å²) in [7, 11) is -3.63. The zero-order valence-corrected chi connectivity index (χ0v) is 13.3. The summed E-state index contributed by atoms with van der Waals surface area (Å²) in [6, 6.07) is 2.84. The van der Waals surface area contributed by atoms with Crippen LogP contribution in [0.2, 0.25) is 10.0 Å². The van der Waals surface area contributed by atoms with Gasteiger partial charge in [0.1, 0.15) is 4.90 Å². The highest BCUT2D eigenvalue weighted by atomic mass is 35.5. The Balaban J connectivity index is 3.22. The first-order valence-electron chi connectivity index (χ1n) is 6.09. The zero-order chi connectivity index (χ0) is 14.6. The van der Waals surface area contributed by atoms with E-state index < -0.39 is 10.0 Å². The fraction of sp³-hybridized carbons (Fsp3) is 0.500. The molecule has 0 atom stereocenters. The summed E-state index contributed by atoms with van der Waals surface area (Å²) in [4.78, 5) is 0.00835. The van der Waals surface area contributed by atoms with Crippen LogP contribution < -0.4 is 5.73 Å². The third kappa shape index (κ3) is 3.54. The molecule has 0 amide bonds. The van der Waals surface area contributed by atoms with Crippen LogP contribution in [0.4, 0.5) is 5.69 Å². The van der Waals surface area contributed by atoms with Gasteiger partial charge in [0, 0.05) is 13.1 Å². The molecule has 0 unspecified atom stereocenters. The number of nitrogen functional groups attached to an aromatic ring is 1. The predicted octanol–water partition coefficient (Wildman–Crippen LogP) is 3.39. The summed E-state index contributed by atoms with van der Waals surface area (Å²) >= 11 is 11.8. The molecule has 0 saturated heterocycles. The summed E-state index contributed by atoms with van der Waals surface area (Å²) in [5, 5.41) is 0.239. The van der Waals surface area contributed by atoms with Gasteiger partial charge < -0.3 is 5.73 Å². The van der Waals surface area contributed by atoms with Crippen molar-refractivity contribution in [3.63, 3.8) is 0 Å². The Morgan fingerprint density at radius 3 is 2.42 bits per heavy atom. The number of unbranched alkanes of at least 4 members (excludes halogenated alkanes) is 1. The van der Waals surface area contributed by atoms with Gasteiger partial charge in [-0.2, -0.15) is 4.31 Å². The van der Waals surface area contributed by atoms with Crippen LogP contribution in [0.3, 0.4) is 0 Å². The van der Waals surface area contributed by atoms with Gasteiger partial charge in [-0.1, -0.05) is 43.5 Å². The minimum atomic E-state index is -3.63. The zero-order valence-electron chi connectivity index (χ0n) is 11.0. The van der Waals surface area contributed by atoms with Gasteiger partial charge in [-0.25, -0.2) is 8.42 Å². The Bertz CT molecular complexity index is 547. The van der Waals surface area contributed by atoms with Gasteiger partial charge in [-0.15, -0.1) is 0 Å². The van der Waals surface area contributed by atoms with Crippen LogP contribution in [0, 0.1) is 0 Å². The van der Waals surface area contributed by atoms with Gasteiger partial charge >= 0.3 is 0 Å². The highest BCUT2D eigenvalue weighted by Gasteiger charge is 2.26. The highest BCUT2D eigenvalue weighted by Crippen LogP contribution is 2.34. The van der Waals surface area contributed by atoms with E-state index in [-0.39, 0.29) is 20.6 Å². The quantitative estimate of drug-likeness (QED) is 0.816. The average Bonchev–Trinajstić information content (AvgIpc) is 2.36. The molecule has 4 nitrogen and oxygen atoms in total. The molecule has 108 valence electrons. The Morgan fingerprint density at radius 1 is 1.26 bits per heavy atom. The second kappa shape index (κ2) is 6.79. The second-order valence-electron chi connectivity index (χ2n) is 4.12. The number of halogens is 2. The van der Waals surface area contributed by atoms with E-state index in [4.69, 9.17) is 28.9 Å². The second-order valence-corrected chi connectivity index (χ2v) is 6.81. The van der Waals surface area contributed by atoms with Crippen molar-refractivity contribution in [2.45, 2.75) is 31.6 Å². The van der Waals surface area contributed by atoms with Crippen molar-refractivity contribution in [3.05, 3.63) is 22.2 Å². The molecule has 1 rings (SSSR count). The molecule has 0 aliphatic carbocycles. The standard InChI is InChI=1S/C12H18Cl2N2O2S/c1-3-5-8-16(4-2)19(17,18)10-7-6-9(13)12(15)11(10)14/h6-7H,3-5,8,15H2,1-2H3. The Hall–Kier alpha value is -0.490. The first-order valence-corrected chi connectivity index (χ1v) is 8.29. The molecule has 2 N–H and O–H groups in total. The third-order valence-corrected chi connectivity index (χ3v) is 5.69. The summed E-state index contributed by atoms with van der Waals surface area (Å²) in [6.07, 6.45) is 1.72. The van der Waals surface area contributed by atoms with Crippen molar-refractivity contribution in [1.29, 1.82) is 0 Å². The molecule has 0 aliphatic heterocycles. The molecule has 0 saturated carbocycles. The Morgan fingerprint density at radius 2 is 1.89 bits per heavy atom. The van der Waals surface area contributed by atoms with E-state index in [1.54, 1.807) is 6.92 Å². The van der Waals surface area contributed by atoms with Crippen LogP contribution in [0.5, 0.6) is 0 Å². The van der Waals surface area contributed by atoms with E-state index in [0.29, 0.717) is 13.1 Å². The predicted molar refractivity (Wildman–Crippen MR) is 80.2 cm³/mol. The molecule has 0 heterocycles. The number of hydrogen-bond acceptors (Lipinski definition) is 3. The van der Waals surface area contributed by atoms with Gasteiger partial charge in [0.2, 0.25) is 10.0 Å². The van der Waals surface area contributed by atoms with E-state index in [1.165, 1.54) is 16.4 Å². The van der Waals surface area contributed by atoms with Gasteiger partial charge in [-0.05, 0) is 18.6 Å². The van der Waals surface area contributed by atoms with Gasteiger partial charge in [-0.3, -0.25) is 0 Å². The lowest BCUT2D eigenvalue weighted by Gasteiger charge is -2.21. The Kier molecular flexibility index (Phi) is 5.92. The fourth-order valence-corrected chi connectivity index (χ4v) is 3.90. The summed E-state index contributed by atoms with van der Waals surface area (Å²) in [5.74, 6) is 0.